The van der Waals surface area contributed by atoms with E-state index in [4.69, 9.17) is 9.47 Å². The zero-order chi connectivity index (χ0) is 24.1. The molecule has 0 aromatic heterocycles. The second-order valence-corrected chi connectivity index (χ2v) is 9.50. The molecule has 34 heavy (non-hydrogen) atoms. The summed E-state index contributed by atoms with van der Waals surface area (Å²) in [4.78, 5) is 26.8. The van der Waals surface area contributed by atoms with Crippen LogP contribution in [0.4, 0.5) is 9.18 Å². The molecule has 0 saturated carbocycles. The van der Waals surface area contributed by atoms with Crippen molar-refractivity contribution in [2.75, 3.05) is 13.2 Å². The van der Waals surface area contributed by atoms with Crippen molar-refractivity contribution in [1.29, 1.82) is 0 Å². The van der Waals surface area contributed by atoms with Crippen molar-refractivity contribution >= 4 is 44.9 Å². The van der Waals surface area contributed by atoms with Crippen molar-refractivity contribution in [3.63, 3.8) is 0 Å². The molecule has 3 aromatic carbocycles. The summed E-state index contributed by atoms with van der Waals surface area (Å²) in [5, 5.41) is -0.365. The second-order valence-electron chi connectivity index (χ2n) is 7.59. The molecular formula is C26H21BrFNO4S. The van der Waals surface area contributed by atoms with Crippen molar-refractivity contribution < 1.29 is 23.5 Å². The highest BCUT2D eigenvalue weighted by atomic mass is 79.9. The lowest BCUT2D eigenvalue weighted by Crippen LogP contribution is -2.32. The fraction of sp³-hybridized carbons (Fsp3) is 0.154. The van der Waals surface area contributed by atoms with Crippen LogP contribution in [0.1, 0.15) is 16.7 Å². The number of halogens is 2. The summed E-state index contributed by atoms with van der Waals surface area (Å²) in [6.07, 6.45) is 1.67. The lowest BCUT2D eigenvalue weighted by Gasteiger charge is -2.13. The third-order valence-corrected chi connectivity index (χ3v) is 6.44. The SMILES string of the molecule is Cc1ccc(COc2ccc(Br)cc2/C=C2\SC(=O)N(CCOc3ccc(F)cc3)C2=O)cc1. The molecule has 5 nitrogen and oxygen atoms in total. The molecule has 1 aliphatic heterocycles. The molecule has 1 aliphatic rings. The molecule has 8 heteroatoms. The maximum Gasteiger partial charge on any atom is 0.293 e. The average Bonchev–Trinajstić information content (AvgIpc) is 3.08. The van der Waals surface area contributed by atoms with Crippen LogP contribution in [-0.4, -0.2) is 29.2 Å². The van der Waals surface area contributed by atoms with Gasteiger partial charge in [-0.25, -0.2) is 4.39 Å². The van der Waals surface area contributed by atoms with Gasteiger partial charge in [0.05, 0.1) is 11.4 Å². The van der Waals surface area contributed by atoms with Gasteiger partial charge in [0.25, 0.3) is 11.1 Å². The zero-order valence-corrected chi connectivity index (χ0v) is 20.7. The number of hydrogen-bond acceptors (Lipinski definition) is 5. The molecule has 3 aromatic rings. The molecule has 1 saturated heterocycles. The zero-order valence-electron chi connectivity index (χ0n) is 18.3. The molecule has 0 aliphatic carbocycles. The number of amides is 2. The number of carbonyl (C=O) groups excluding carboxylic acids is 2. The third-order valence-electron chi connectivity index (χ3n) is 5.04. The molecule has 4 rings (SSSR count). The van der Waals surface area contributed by atoms with Gasteiger partial charge in [-0.1, -0.05) is 45.8 Å². The normalized spacial score (nSPS) is 14.7. The molecule has 1 fully saturated rings. The molecule has 0 radical (unpaired) electrons. The van der Waals surface area contributed by atoms with E-state index in [0.717, 1.165) is 26.7 Å². The molecule has 174 valence electrons. The summed E-state index contributed by atoms with van der Waals surface area (Å²) < 4.78 is 25.4. The van der Waals surface area contributed by atoms with E-state index < -0.39 is 0 Å². The minimum absolute atomic E-state index is 0.0919. The molecule has 0 atom stereocenters. The van der Waals surface area contributed by atoms with E-state index in [-0.39, 0.29) is 30.1 Å². The van der Waals surface area contributed by atoms with E-state index >= 15 is 0 Å². The number of benzene rings is 3. The van der Waals surface area contributed by atoms with Crippen LogP contribution in [0.3, 0.4) is 0 Å². The van der Waals surface area contributed by atoms with Gasteiger partial charge in [0.15, 0.2) is 0 Å². The summed E-state index contributed by atoms with van der Waals surface area (Å²) in [5.74, 6) is 0.323. The van der Waals surface area contributed by atoms with E-state index in [2.05, 4.69) is 15.9 Å². The Hall–Kier alpha value is -3.10. The smallest absolute Gasteiger partial charge is 0.293 e. The van der Waals surface area contributed by atoms with Crippen LogP contribution >= 0.6 is 27.7 Å². The van der Waals surface area contributed by atoms with Crippen molar-refractivity contribution in [2.45, 2.75) is 13.5 Å². The number of hydrogen-bond donors (Lipinski definition) is 0. The van der Waals surface area contributed by atoms with E-state index in [0.29, 0.717) is 28.6 Å². The van der Waals surface area contributed by atoms with Gasteiger partial charge in [0, 0.05) is 10.0 Å². The van der Waals surface area contributed by atoms with Crippen LogP contribution in [-0.2, 0) is 11.4 Å². The lowest BCUT2D eigenvalue weighted by molar-refractivity contribution is -0.123. The number of thioether (sulfide) groups is 1. The highest BCUT2D eigenvalue weighted by Gasteiger charge is 2.35. The summed E-state index contributed by atoms with van der Waals surface area (Å²) >= 11 is 4.33. The predicted molar refractivity (Wildman–Crippen MR) is 134 cm³/mol. The number of ether oxygens (including phenoxy) is 2. The quantitative estimate of drug-likeness (QED) is 0.301. The Labute approximate surface area is 209 Å². The molecule has 0 spiro atoms. The van der Waals surface area contributed by atoms with Crippen LogP contribution < -0.4 is 9.47 Å². The topological polar surface area (TPSA) is 55.8 Å². The van der Waals surface area contributed by atoms with Crippen molar-refractivity contribution in [1.82, 2.24) is 4.90 Å². The van der Waals surface area contributed by atoms with E-state index in [1.54, 1.807) is 6.08 Å². The Kier molecular flexibility index (Phi) is 7.70. The summed E-state index contributed by atoms with van der Waals surface area (Å²) in [7, 11) is 0. The third kappa shape index (κ3) is 6.07. The van der Waals surface area contributed by atoms with Crippen LogP contribution in [0.5, 0.6) is 11.5 Å². The molecule has 0 N–H and O–H groups in total. The van der Waals surface area contributed by atoms with Crippen LogP contribution in [0, 0.1) is 12.7 Å². The van der Waals surface area contributed by atoms with Gasteiger partial charge in [-0.15, -0.1) is 0 Å². The standard InChI is InChI=1S/C26H21BrFNO4S/c1-17-2-4-18(5-3-17)16-33-23-11-6-20(27)14-19(23)15-24-25(30)29(26(31)34-24)12-13-32-22-9-7-21(28)8-10-22/h2-11,14-15H,12-13,16H2,1H3/b24-15-. The number of aryl methyl sites for hydroxylation is 1. The lowest BCUT2D eigenvalue weighted by atomic mass is 10.1. The van der Waals surface area contributed by atoms with E-state index in [1.807, 2.05) is 49.4 Å². The monoisotopic (exact) mass is 541 g/mol. The summed E-state index contributed by atoms with van der Waals surface area (Å²) in [5.41, 5.74) is 2.89. The first-order chi connectivity index (χ1) is 16.4. The molecular weight excluding hydrogens is 521 g/mol. The van der Waals surface area contributed by atoms with Crippen molar-refractivity contribution in [3.8, 4) is 11.5 Å². The first kappa shape index (κ1) is 24.0. The fourth-order valence-electron chi connectivity index (χ4n) is 3.23. The summed E-state index contributed by atoms with van der Waals surface area (Å²) in [6, 6.07) is 19.2. The van der Waals surface area contributed by atoms with Crippen LogP contribution in [0.2, 0.25) is 0 Å². The first-order valence-electron chi connectivity index (χ1n) is 10.5. The van der Waals surface area contributed by atoms with Gasteiger partial charge in [-0.05, 0) is 72.8 Å². The van der Waals surface area contributed by atoms with E-state index in [1.165, 1.54) is 29.8 Å². The van der Waals surface area contributed by atoms with Crippen molar-refractivity contribution in [3.05, 3.63) is 98.6 Å². The van der Waals surface area contributed by atoms with Crippen LogP contribution in [0.25, 0.3) is 6.08 Å². The van der Waals surface area contributed by atoms with Gasteiger partial charge in [0.2, 0.25) is 0 Å². The number of nitrogens with zero attached hydrogens (tertiary/aromatic N) is 1. The molecule has 0 unspecified atom stereocenters. The molecule has 0 bridgehead atoms. The number of rotatable bonds is 8. The van der Waals surface area contributed by atoms with E-state index in [9.17, 15) is 14.0 Å². The Morgan fingerprint density at radius 2 is 1.74 bits per heavy atom. The molecule has 2 amide bonds. The second kappa shape index (κ2) is 10.9. The number of carbonyl (C=O) groups is 2. The van der Waals surface area contributed by atoms with Gasteiger partial charge < -0.3 is 9.47 Å². The molecule has 1 heterocycles. The van der Waals surface area contributed by atoms with Gasteiger partial charge in [-0.3, -0.25) is 14.5 Å². The average molecular weight is 542 g/mol. The maximum absolute atomic E-state index is 13.0. The Morgan fingerprint density at radius 1 is 1.00 bits per heavy atom. The highest BCUT2D eigenvalue weighted by molar-refractivity contribution is 9.10. The summed E-state index contributed by atoms with van der Waals surface area (Å²) in [6.45, 7) is 2.61. The maximum atomic E-state index is 13.0. The fourth-order valence-corrected chi connectivity index (χ4v) is 4.46. The number of imide groups is 1. The minimum atomic E-state index is -0.387. The van der Waals surface area contributed by atoms with Crippen LogP contribution in [0.15, 0.2) is 76.1 Å². The Balaban J connectivity index is 1.43. The van der Waals surface area contributed by atoms with Gasteiger partial charge in [-0.2, -0.15) is 0 Å². The highest BCUT2D eigenvalue weighted by Crippen LogP contribution is 2.35. The van der Waals surface area contributed by atoms with Crippen molar-refractivity contribution in [2.24, 2.45) is 0 Å². The minimum Gasteiger partial charge on any atom is -0.492 e. The predicted octanol–water partition coefficient (Wildman–Crippen LogP) is 6.59. The Bertz CT molecular complexity index is 1230. The van der Waals surface area contributed by atoms with Gasteiger partial charge >= 0.3 is 0 Å². The Morgan fingerprint density at radius 3 is 2.47 bits per heavy atom. The van der Waals surface area contributed by atoms with Gasteiger partial charge in [0.1, 0.15) is 30.5 Å². The first-order valence-corrected chi connectivity index (χ1v) is 12.1. The largest absolute Gasteiger partial charge is 0.492 e.